The fraction of sp³-hybridized carbons (Fsp3) is 0.190. The number of aliphatic imine (C=N–C) groups is 1. The Balaban J connectivity index is 1.54. The average molecular weight is 374 g/mol. The van der Waals surface area contributed by atoms with Gasteiger partial charge >= 0.3 is 5.63 Å². The van der Waals surface area contributed by atoms with Crippen molar-refractivity contribution in [3.8, 4) is 5.75 Å². The van der Waals surface area contributed by atoms with Crippen LogP contribution in [0.5, 0.6) is 5.75 Å². The van der Waals surface area contributed by atoms with Crippen LogP contribution in [0.15, 0.2) is 56.7 Å². The van der Waals surface area contributed by atoms with Gasteiger partial charge in [0.25, 0.3) is 0 Å². The molecule has 0 atom stereocenters. The molecule has 0 spiro atoms. The van der Waals surface area contributed by atoms with E-state index < -0.39 is 5.63 Å². The van der Waals surface area contributed by atoms with Crippen LogP contribution in [0.4, 0.5) is 5.69 Å². The topological polar surface area (TPSA) is 83.9 Å². The van der Waals surface area contributed by atoms with Gasteiger partial charge in [0.1, 0.15) is 22.7 Å². The number of fused-ring (bicyclic) bond motifs is 4. The number of aromatic hydroxyl groups is 1. The number of likely N-dealkylation sites (N-methyl/N-ethyl adjacent to an activating group) is 1. The number of aromatic nitrogens is 2. The molecule has 0 aliphatic carbocycles. The molecule has 7 nitrogen and oxygen atoms in total. The first-order chi connectivity index (χ1) is 13.6. The van der Waals surface area contributed by atoms with Gasteiger partial charge in [0.05, 0.1) is 28.7 Å². The first-order valence-electron chi connectivity index (χ1n) is 9.07. The Labute approximate surface area is 160 Å². The number of benzene rings is 2. The Bertz CT molecular complexity index is 1300. The highest BCUT2D eigenvalue weighted by Crippen LogP contribution is 2.27. The van der Waals surface area contributed by atoms with E-state index in [0.717, 1.165) is 36.5 Å². The smallest absolute Gasteiger partial charge is 0.348 e. The molecule has 1 aliphatic heterocycles. The predicted octanol–water partition coefficient (Wildman–Crippen LogP) is 3.04. The van der Waals surface area contributed by atoms with Gasteiger partial charge in [-0.1, -0.05) is 12.1 Å². The molecule has 28 heavy (non-hydrogen) atoms. The van der Waals surface area contributed by atoms with Crippen molar-refractivity contribution in [2.45, 2.75) is 13.1 Å². The highest BCUT2D eigenvalue weighted by atomic mass is 16.4. The molecule has 0 saturated carbocycles. The highest BCUT2D eigenvalue weighted by molar-refractivity contribution is 5.94. The quantitative estimate of drug-likeness (QED) is 0.431. The fourth-order valence-electron chi connectivity index (χ4n) is 3.61. The molecular formula is C21H18N4O3. The maximum atomic E-state index is 12.2. The molecule has 2 aromatic carbocycles. The van der Waals surface area contributed by atoms with E-state index in [1.165, 1.54) is 6.21 Å². The fourth-order valence-corrected chi connectivity index (χ4v) is 3.61. The first kappa shape index (κ1) is 16.7. The SMILES string of the molecule is CN1CCn2c(nc3cc(N=Cc4c(O)c5ccccc5oc4=O)ccc32)C1. The van der Waals surface area contributed by atoms with Crippen LogP contribution in [0.3, 0.4) is 0 Å². The van der Waals surface area contributed by atoms with Gasteiger partial charge in [0, 0.05) is 19.3 Å². The lowest BCUT2D eigenvalue weighted by molar-refractivity contribution is 0.267. The molecule has 2 aromatic heterocycles. The molecule has 1 aliphatic rings. The third-order valence-corrected chi connectivity index (χ3v) is 5.09. The molecule has 1 N–H and O–H groups in total. The van der Waals surface area contributed by atoms with Crippen molar-refractivity contribution in [1.82, 2.24) is 14.5 Å². The number of nitrogens with zero attached hydrogens (tertiary/aromatic N) is 4. The Kier molecular flexibility index (Phi) is 3.77. The summed E-state index contributed by atoms with van der Waals surface area (Å²) in [6.45, 7) is 2.73. The maximum Gasteiger partial charge on any atom is 0.348 e. The minimum atomic E-state index is -0.624. The largest absolute Gasteiger partial charge is 0.506 e. The van der Waals surface area contributed by atoms with Crippen molar-refractivity contribution in [2.24, 2.45) is 4.99 Å². The Morgan fingerprint density at radius 1 is 1.21 bits per heavy atom. The lowest BCUT2D eigenvalue weighted by Crippen LogP contribution is -2.30. The molecule has 3 heterocycles. The van der Waals surface area contributed by atoms with E-state index in [1.807, 2.05) is 18.2 Å². The van der Waals surface area contributed by atoms with E-state index in [1.54, 1.807) is 24.3 Å². The van der Waals surface area contributed by atoms with Gasteiger partial charge < -0.3 is 14.1 Å². The molecule has 0 radical (unpaired) electrons. The molecule has 4 aromatic rings. The minimum absolute atomic E-state index is 0.0320. The number of hydrogen-bond donors (Lipinski definition) is 1. The third kappa shape index (κ3) is 2.68. The van der Waals surface area contributed by atoms with Crippen LogP contribution in [0.25, 0.3) is 22.0 Å². The number of para-hydroxylation sites is 1. The van der Waals surface area contributed by atoms with E-state index >= 15 is 0 Å². The van der Waals surface area contributed by atoms with Crippen LogP contribution in [0.2, 0.25) is 0 Å². The lowest BCUT2D eigenvalue weighted by Gasteiger charge is -2.23. The van der Waals surface area contributed by atoms with Crippen molar-refractivity contribution in [2.75, 3.05) is 13.6 Å². The molecular weight excluding hydrogens is 356 g/mol. The number of rotatable bonds is 2. The van der Waals surface area contributed by atoms with Gasteiger partial charge in [-0.25, -0.2) is 9.78 Å². The second kappa shape index (κ2) is 6.31. The summed E-state index contributed by atoms with van der Waals surface area (Å²) < 4.78 is 7.50. The summed E-state index contributed by atoms with van der Waals surface area (Å²) in [5.74, 6) is 0.912. The maximum absolute atomic E-state index is 12.2. The summed E-state index contributed by atoms with van der Waals surface area (Å²) in [7, 11) is 2.08. The molecule has 0 unspecified atom stereocenters. The van der Waals surface area contributed by atoms with E-state index in [9.17, 15) is 9.90 Å². The summed E-state index contributed by atoms with van der Waals surface area (Å²) in [6, 6.07) is 12.6. The number of imidazole rings is 1. The van der Waals surface area contributed by atoms with Gasteiger partial charge in [0.2, 0.25) is 0 Å². The highest BCUT2D eigenvalue weighted by Gasteiger charge is 2.17. The summed E-state index contributed by atoms with van der Waals surface area (Å²) in [4.78, 5) is 23.5. The molecule has 0 bridgehead atoms. The van der Waals surface area contributed by atoms with Crippen LogP contribution in [0, 0.1) is 0 Å². The minimum Gasteiger partial charge on any atom is -0.506 e. The van der Waals surface area contributed by atoms with E-state index in [0.29, 0.717) is 16.7 Å². The lowest BCUT2D eigenvalue weighted by atomic mass is 10.1. The predicted molar refractivity (Wildman–Crippen MR) is 107 cm³/mol. The van der Waals surface area contributed by atoms with Gasteiger partial charge in [0.15, 0.2) is 0 Å². The normalized spacial score (nSPS) is 14.9. The van der Waals surface area contributed by atoms with Gasteiger partial charge in [-0.15, -0.1) is 0 Å². The van der Waals surface area contributed by atoms with Crippen LogP contribution in [-0.4, -0.2) is 39.4 Å². The van der Waals surface area contributed by atoms with Crippen molar-refractivity contribution in [3.05, 3.63) is 64.3 Å². The van der Waals surface area contributed by atoms with Crippen LogP contribution in [-0.2, 0) is 13.1 Å². The standard InChI is InChI=1S/C21H18N4O3/c1-24-8-9-25-17-7-6-13(10-16(17)23-19(25)12-24)22-11-15-20(26)14-4-2-3-5-18(14)28-21(15)27/h2-7,10-11,26H,8-9,12H2,1H3. The van der Waals surface area contributed by atoms with Crippen molar-refractivity contribution >= 4 is 33.9 Å². The van der Waals surface area contributed by atoms with Crippen LogP contribution in [0.1, 0.15) is 11.4 Å². The molecule has 7 heteroatoms. The van der Waals surface area contributed by atoms with E-state index in [-0.39, 0.29) is 11.3 Å². The van der Waals surface area contributed by atoms with Gasteiger partial charge in [-0.2, -0.15) is 0 Å². The first-order valence-corrected chi connectivity index (χ1v) is 9.07. The van der Waals surface area contributed by atoms with Gasteiger partial charge in [-0.05, 0) is 37.4 Å². The summed E-state index contributed by atoms with van der Waals surface area (Å²) in [5, 5.41) is 10.9. The Hall–Kier alpha value is -3.45. The van der Waals surface area contributed by atoms with Crippen molar-refractivity contribution < 1.29 is 9.52 Å². The molecule has 5 rings (SSSR count). The summed E-state index contributed by atoms with van der Waals surface area (Å²) in [6.07, 6.45) is 1.35. The Morgan fingerprint density at radius 3 is 2.96 bits per heavy atom. The molecule has 0 fully saturated rings. The summed E-state index contributed by atoms with van der Waals surface area (Å²) >= 11 is 0. The van der Waals surface area contributed by atoms with E-state index in [4.69, 9.17) is 9.40 Å². The zero-order valence-electron chi connectivity index (χ0n) is 15.3. The molecule has 0 saturated heterocycles. The summed E-state index contributed by atoms with van der Waals surface area (Å²) in [5.41, 5.74) is 2.36. The molecule has 140 valence electrons. The second-order valence-corrected chi connectivity index (χ2v) is 7.00. The van der Waals surface area contributed by atoms with Crippen molar-refractivity contribution in [1.29, 1.82) is 0 Å². The monoisotopic (exact) mass is 374 g/mol. The Morgan fingerprint density at radius 2 is 2.07 bits per heavy atom. The van der Waals surface area contributed by atoms with Crippen LogP contribution < -0.4 is 5.63 Å². The zero-order chi connectivity index (χ0) is 19.3. The van der Waals surface area contributed by atoms with E-state index in [2.05, 4.69) is 21.5 Å². The van der Waals surface area contributed by atoms with Crippen molar-refractivity contribution in [3.63, 3.8) is 0 Å². The van der Waals surface area contributed by atoms with Crippen LogP contribution >= 0.6 is 0 Å². The average Bonchev–Trinajstić information content (AvgIpc) is 3.04. The third-order valence-electron chi connectivity index (χ3n) is 5.09. The zero-order valence-corrected chi connectivity index (χ0v) is 15.3. The number of hydrogen-bond acceptors (Lipinski definition) is 6. The van der Waals surface area contributed by atoms with Gasteiger partial charge in [-0.3, -0.25) is 9.89 Å². The molecule has 0 amide bonds. The second-order valence-electron chi connectivity index (χ2n) is 7.00.